The highest BCUT2D eigenvalue weighted by molar-refractivity contribution is 7.89. The summed E-state index contributed by atoms with van der Waals surface area (Å²) in [5.74, 6) is -2.68. The molecule has 1 rings (SSSR count). The van der Waals surface area contributed by atoms with E-state index in [1.54, 1.807) is 26.8 Å². The first-order valence-corrected chi connectivity index (χ1v) is 8.43. The van der Waals surface area contributed by atoms with Crippen LogP contribution in [0, 0.1) is 6.92 Å². The van der Waals surface area contributed by atoms with Crippen molar-refractivity contribution in [3.05, 3.63) is 29.3 Å². The van der Waals surface area contributed by atoms with Gasteiger partial charge in [-0.15, -0.1) is 0 Å². The van der Waals surface area contributed by atoms with Crippen molar-refractivity contribution in [3.8, 4) is 0 Å². The number of carbonyl (C=O) groups excluding carboxylic acids is 1. The van der Waals surface area contributed by atoms with E-state index in [0.29, 0.717) is 0 Å². The number of rotatable bonds is 7. The van der Waals surface area contributed by atoms with Crippen LogP contribution in [0.15, 0.2) is 18.2 Å². The van der Waals surface area contributed by atoms with E-state index in [0.717, 1.165) is 5.56 Å². The van der Waals surface area contributed by atoms with Gasteiger partial charge in [0.2, 0.25) is 15.9 Å². The van der Waals surface area contributed by atoms with Gasteiger partial charge in [0.1, 0.15) is 5.75 Å². The van der Waals surface area contributed by atoms with Gasteiger partial charge < -0.3 is 10.4 Å². The molecule has 0 aliphatic carbocycles. The van der Waals surface area contributed by atoms with Crippen molar-refractivity contribution >= 4 is 27.6 Å². The lowest BCUT2D eigenvalue weighted by molar-refractivity contribution is -0.113. The van der Waals surface area contributed by atoms with Crippen molar-refractivity contribution in [2.24, 2.45) is 0 Å². The standard InChI is InChI=1S/C14H20N2O5S/c1-4-16(5-2)22(20,21)9-13(17)15-12-7-6-10(3)8-11(12)14(18)19/h6-8H,4-5,9H2,1-3H3,(H,15,17)(H,18,19). The summed E-state index contributed by atoms with van der Waals surface area (Å²) in [5, 5.41) is 11.5. The number of carboxylic acid groups (broad SMARTS) is 1. The first-order valence-electron chi connectivity index (χ1n) is 6.82. The van der Waals surface area contributed by atoms with Crippen LogP contribution in [0.3, 0.4) is 0 Å². The lowest BCUT2D eigenvalue weighted by Crippen LogP contribution is -2.37. The molecule has 122 valence electrons. The van der Waals surface area contributed by atoms with Gasteiger partial charge in [-0.1, -0.05) is 25.5 Å². The number of hydrogen-bond acceptors (Lipinski definition) is 4. The molecular formula is C14H20N2O5S. The quantitative estimate of drug-likeness (QED) is 0.785. The molecule has 0 unspecified atom stereocenters. The Morgan fingerprint density at radius 3 is 2.32 bits per heavy atom. The average molecular weight is 328 g/mol. The summed E-state index contributed by atoms with van der Waals surface area (Å²) >= 11 is 0. The lowest BCUT2D eigenvalue weighted by atomic mass is 10.1. The van der Waals surface area contributed by atoms with Crippen LogP contribution in [0.2, 0.25) is 0 Å². The summed E-state index contributed by atoms with van der Waals surface area (Å²) in [6.07, 6.45) is 0. The highest BCUT2D eigenvalue weighted by Gasteiger charge is 2.23. The maximum absolute atomic E-state index is 12.0. The smallest absolute Gasteiger partial charge is 0.337 e. The van der Waals surface area contributed by atoms with E-state index >= 15 is 0 Å². The molecular weight excluding hydrogens is 308 g/mol. The Morgan fingerprint density at radius 2 is 1.82 bits per heavy atom. The van der Waals surface area contributed by atoms with Crippen molar-refractivity contribution in [1.82, 2.24) is 4.31 Å². The number of sulfonamides is 1. The molecule has 0 aromatic heterocycles. The predicted octanol–water partition coefficient (Wildman–Crippen LogP) is 1.30. The number of carbonyl (C=O) groups is 2. The number of nitrogens with one attached hydrogen (secondary N) is 1. The first kappa shape index (κ1) is 18.1. The Bertz CT molecular complexity index is 666. The number of hydrogen-bond donors (Lipinski definition) is 2. The zero-order chi connectivity index (χ0) is 16.9. The van der Waals surface area contributed by atoms with Crippen LogP contribution >= 0.6 is 0 Å². The number of aromatic carboxylic acids is 1. The molecule has 0 radical (unpaired) electrons. The minimum Gasteiger partial charge on any atom is -0.478 e. The van der Waals surface area contributed by atoms with E-state index in [-0.39, 0.29) is 24.3 Å². The number of aryl methyl sites for hydroxylation is 1. The van der Waals surface area contributed by atoms with Crippen molar-refractivity contribution in [1.29, 1.82) is 0 Å². The number of anilines is 1. The average Bonchev–Trinajstić information content (AvgIpc) is 2.40. The highest BCUT2D eigenvalue weighted by atomic mass is 32.2. The Labute approximate surface area is 130 Å². The number of benzene rings is 1. The van der Waals surface area contributed by atoms with Crippen molar-refractivity contribution in [2.45, 2.75) is 20.8 Å². The summed E-state index contributed by atoms with van der Waals surface area (Å²) in [6, 6.07) is 4.50. The number of carboxylic acids is 1. The molecule has 0 heterocycles. The summed E-state index contributed by atoms with van der Waals surface area (Å²) < 4.78 is 25.2. The minimum absolute atomic E-state index is 0.0754. The van der Waals surface area contributed by atoms with Gasteiger partial charge in [0, 0.05) is 13.1 Å². The van der Waals surface area contributed by atoms with E-state index in [1.807, 2.05) is 0 Å². The third-order valence-corrected chi connectivity index (χ3v) is 5.02. The second kappa shape index (κ2) is 7.37. The summed E-state index contributed by atoms with van der Waals surface area (Å²) in [5.41, 5.74) is 0.734. The topological polar surface area (TPSA) is 104 Å². The van der Waals surface area contributed by atoms with E-state index in [2.05, 4.69) is 5.32 Å². The van der Waals surface area contributed by atoms with Gasteiger partial charge in [-0.05, 0) is 19.1 Å². The van der Waals surface area contributed by atoms with Crippen LogP contribution in [0.5, 0.6) is 0 Å². The van der Waals surface area contributed by atoms with Crippen LogP contribution in [-0.4, -0.2) is 48.5 Å². The van der Waals surface area contributed by atoms with E-state index in [4.69, 9.17) is 5.11 Å². The van der Waals surface area contributed by atoms with Gasteiger partial charge in [-0.25, -0.2) is 17.5 Å². The number of nitrogens with zero attached hydrogens (tertiary/aromatic N) is 1. The second-order valence-electron chi connectivity index (χ2n) is 4.74. The van der Waals surface area contributed by atoms with E-state index < -0.39 is 27.7 Å². The zero-order valence-corrected chi connectivity index (χ0v) is 13.6. The first-order chi connectivity index (χ1) is 10.2. The summed E-state index contributed by atoms with van der Waals surface area (Å²) in [7, 11) is -3.71. The fourth-order valence-corrected chi connectivity index (χ4v) is 3.38. The fourth-order valence-electron chi connectivity index (χ4n) is 2.00. The molecule has 0 atom stereocenters. The largest absolute Gasteiger partial charge is 0.478 e. The minimum atomic E-state index is -3.71. The van der Waals surface area contributed by atoms with Crippen LogP contribution in [0.1, 0.15) is 29.8 Å². The highest BCUT2D eigenvalue weighted by Crippen LogP contribution is 2.17. The molecule has 1 aromatic rings. The molecule has 1 amide bonds. The Balaban J connectivity index is 2.93. The Hall–Kier alpha value is -1.93. The van der Waals surface area contributed by atoms with Gasteiger partial charge in [-0.3, -0.25) is 4.79 Å². The molecule has 0 aliphatic heterocycles. The normalized spacial score (nSPS) is 11.5. The van der Waals surface area contributed by atoms with Gasteiger partial charge in [0.25, 0.3) is 0 Å². The maximum Gasteiger partial charge on any atom is 0.337 e. The molecule has 0 aliphatic rings. The monoisotopic (exact) mass is 328 g/mol. The maximum atomic E-state index is 12.0. The lowest BCUT2D eigenvalue weighted by Gasteiger charge is -2.18. The third kappa shape index (κ3) is 4.54. The van der Waals surface area contributed by atoms with Crippen molar-refractivity contribution < 1.29 is 23.1 Å². The summed E-state index contributed by atoms with van der Waals surface area (Å²) in [4.78, 5) is 23.1. The van der Waals surface area contributed by atoms with Crippen molar-refractivity contribution in [3.63, 3.8) is 0 Å². The molecule has 22 heavy (non-hydrogen) atoms. The van der Waals surface area contributed by atoms with Gasteiger partial charge in [0.15, 0.2) is 0 Å². The third-order valence-electron chi connectivity index (χ3n) is 3.09. The molecule has 8 heteroatoms. The molecule has 0 saturated carbocycles. The van der Waals surface area contributed by atoms with Gasteiger partial charge in [-0.2, -0.15) is 0 Å². The van der Waals surface area contributed by atoms with Crippen LogP contribution in [0.25, 0.3) is 0 Å². The fraction of sp³-hybridized carbons (Fsp3) is 0.429. The predicted molar refractivity (Wildman–Crippen MR) is 83.5 cm³/mol. The van der Waals surface area contributed by atoms with Crippen molar-refractivity contribution in [2.75, 3.05) is 24.2 Å². The zero-order valence-electron chi connectivity index (χ0n) is 12.8. The number of amides is 1. The molecule has 0 spiro atoms. The molecule has 1 aromatic carbocycles. The van der Waals surface area contributed by atoms with Crippen LogP contribution in [0.4, 0.5) is 5.69 Å². The molecule has 0 saturated heterocycles. The van der Waals surface area contributed by atoms with Crippen LogP contribution in [-0.2, 0) is 14.8 Å². The molecule has 0 bridgehead atoms. The SMILES string of the molecule is CCN(CC)S(=O)(=O)CC(=O)Nc1ccc(C)cc1C(=O)O. The van der Waals surface area contributed by atoms with Gasteiger partial charge in [0.05, 0.1) is 11.3 Å². The second-order valence-corrected chi connectivity index (χ2v) is 6.71. The van der Waals surface area contributed by atoms with Crippen LogP contribution < -0.4 is 5.32 Å². The Morgan fingerprint density at radius 1 is 1.23 bits per heavy atom. The Kier molecular flexibility index (Phi) is 6.07. The van der Waals surface area contributed by atoms with E-state index in [9.17, 15) is 18.0 Å². The van der Waals surface area contributed by atoms with Gasteiger partial charge >= 0.3 is 5.97 Å². The molecule has 2 N–H and O–H groups in total. The van der Waals surface area contributed by atoms with E-state index in [1.165, 1.54) is 16.4 Å². The molecule has 7 nitrogen and oxygen atoms in total. The summed E-state index contributed by atoms with van der Waals surface area (Å²) in [6.45, 7) is 5.64. The molecule has 0 fully saturated rings.